The van der Waals surface area contributed by atoms with Gasteiger partial charge in [-0.25, -0.2) is 0 Å². The number of ether oxygens (including phenoxy) is 2. The van der Waals surface area contributed by atoms with Crippen LogP contribution < -0.4 is 14.8 Å². The van der Waals surface area contributed by atoms with Gasteiger partial charge in [-0.3, -0.25) is 4.79 Å². The molecule has 1 amide bonds. The van der Waals surface area contributed by atoms with Gasteiger partial charge in [-0.05, 0) is 35.9 Å². The molecular weight excluding hydrogens is 462 g/mol. The standard InChI is InChI=1S/C22H20BrN5O3/c1-30-18-5-3-2-4-17(18)22-26-25-19-10-11-21(27-28(19)22)31-13-12-24-20(29)14-15-6-8-16(23)9-7-15/h2-11H,12-14H2,1H3,(H,24,29). The van der Waals surface area contributed by atoms with Gasteiger partial charge in [-0.2, -0.15) is 4.52 Å². The molecule has 2 aromatic heterocycles. The number of benzene rings is 2. The average Bonchev–Trinajstić information content (AvgIpc) is 3.21. The van der Waals surface area contributed by atoms with Crippen molar-refractivity contribution >= 4 is 27.5 Å². The van der Waals surface area contributed by atoms with Crippen LogP contribution in [-0.2, 0) is 11.2 Å². The lowest BCUT2D eigenvalue weighted by molar-refractivity contribution is -0.120. The second-order valence-corrected chi connectivity index (χ2v) is 7.58. The fourth-order valence-corrected chi connectivity index (χ4v) is 3.31. The van der Waals surface area contributed by atoms with Crippen molar-refractivity contribution in [3.8, 4) is 23.0 Å². The van der Waals surface area contributed by atoms with Crippen LogP contribution in [0, 0.1) is 0 Å². The second kappa shape index (κ2) is 9.57. The first-order valence-electron chi connectivity index (χ1n) is 9.64. The Kier molecular flexibility index (Phi) is 6.42. The van der Waals surface area contributed by atoms with Gasteiger partial charge in [0.25, 0.3) is 0 Å². The van der Waals surface area contributed by atoms with E-state index < -0.39 is 0 Å². The molecule has 0 saturated heterocycles. The molecule has 0 spiro atoms. The topological polar surface area (TPSA) is 90.6 Å². The highest BCUT2D eigenvalue weighted by atomic mass is 79.9. The van der Waals surface area contributed by atoms with E-state index in [2.05, 4.69) is 36.5 Å². The van der Waals surface area contributed by atoms with Crippen LogP contribution in [0.15, 0.2) is 65.1 Å². The number of carbonyl (C=O) groups excluding carboxylic acids is 1. The number of fused-ring (bicyclic) bond motifs is 1. The van der Waals surface area contributed by atoms with Gasteiger partial charge in [0.05, 0.1) is 25.6 Å². The van der Waals surface area contributed by atoms with Crippen molar-refractivity contribution in [1.82, 2.24) is 25.1 Å². The summed E-state index contributed by atoms with van der Waals surface area (Å²) >= 11 is 3.38. The number of hydrogen-bond acceptors (Lipinski definition) is 6. The predicted molar refractivity (Wildman–Crippen MR) is 119 cm³/mol. The summed E-state index contributed by atoms with van der Waals surface area (Å²) in [5.74, 6) is 1.58. The van der Waals surface area contributed by atoms with E-state index in [0.717, 1.165) is 15.6 Å². The maximum absolute atomic E-state index is 12.1. The highest BCUT2D eigenvalue weighted by Gasteiger charge is 2.14. The molecule has 0 aliphatic carbocycles. The van der Waals surface area contributed by atoms with Gasteiger partial charge in [0.2, 0.25) is 11.8 Å². The third-order valence-electron chi connectivity index (χ3n) is 4.54. The highest BCUT2D eigenvalue weighted by Crippen LogP contribution is 2.28. The Morgan fingerprint density at radius 1 is 1.06 bits per heavy atom. The fourth-order valence-electron chi connectivity index (χ4n) is 3.04. The molecule has 0 radical (unpaired) electrons. The number of rotatable bonds is 8. The van der Waals surface area contributed by atoms with Crippen LogP contribution in [0.2, 0.25) is 0 Å². The highest BCUT2D eigenvalue weighted by molar-refractivity contribution is 9.10. The molecule has 4 rings (SSSR count). The zero-order chi connectivity index (χ0) is 21.6. The van der Waals surface area contributed by atoms with E-state index in [1.807, 2.05) is 48.5 Å². The van der Waals surface area contributed by atoms with Gasteiger partial charge in [0.15, 0.2) is 11.5 Å². The minimum atomic E-state index is -0.0633. The molecule has 2 heterocycles. The molecule has 0 fully saturated rings. The van der Waals surface area contributed by atoms with Crippen molar-refractivity contribution in [3.63, 3.8) is 0 Å². The van der Waals surface area contributed by atoms with E-state index >= 15 is 0 Å². The number of nitrogens with zero attached hydrogens (tertiary/aromatic N) is 4. The molecule has 0 atom stereocenters. The summed E-state index contributed by atoms with van der Waals surface area (Å²) in [6, 6.07) is 18.7. The Bertz CT molecular complexity index is 1190. The maximum Gasteiger partial charge on any atom is 0.231 e. The molecule has 0 unspecified atom stereocenters. The van der Waals surface area contributed by atoms with Crippen LogP contribution in [0.3, 0.4) is 0 Å². The Morgan fingerprint density at radius 3 is 2.68 bits per heavy atom. The van der Waals surface area contributed by atoms with Gasteiger partial charge < -0.3 is 14.8 Å². The largest absolute Gasteiger partial charge is 0.496 e. The first-order valence-corrected chi connectivity index (χ1v) is 10.4. The molecular formula is C22H20BrN5O3. The quantitative estimate of drug-likeness (QED) is 0.388. The Labute approximate surface area is 187 Å². The van der Waals surface area contributed by atoms with E-state index in [1.54, 1.807) is 23.8 Å². The van der Waals surface area contributed by atoms with Gasteiger partial charge in [-0.1, -0.05) is 40.2 Å². The van der Waals surface area contributed by atoms with Gasteiger partial charge in [-0.15, -0.1) is 15.3 Å². The van der Waals surface area contributed by atoms with Crippen LogP contribution in [0.5, 0.6) is 11.6 Å². The third kappa shape index (κ3) is 5.00. The summed E-state index contributed by atoms with van der Waals surface area (Å²) in [4.78, 5) is 12.1. The van der Waals surface area contributed by atoms with Crippen LogP contribution in [-0.4, -0.2) is 46.0 Å². The number of nitrogens with one attached hydrogen (secondary N) is 1. The van der Waals surface area contributed by atoms with Gasteiger partial charge in [0, 0.05) is 10.5 Å². The summed E-state index contributed by atoms with van der Waals surface area (Å²) in [5.41, 5.74) is 2.32. The maximum atomic E-state index is 12.1. The van der Waals surface area contributed by atoms with Crippen molar-refractivity contribution in [1.29, 1.82) is 0 Å². The smallest absolute Gasteiger partial charge is 0.231 e. The Morgan fingerprint density at radius 2 is 1.87 bits per heavy atom. The van der Waals surface area contributed by atoms with Crippen LogP contribution >= 0.6 is 15.9 Å². The Balaban J connectivity index is 1.37. The van der Waals surface area contributed by atoms with Crippen LogP contribution in [0.4, 0.5) is 0 Å². The number of methoxy groups -OCH3 is 1. The van der Waals surface area contributed by atoms with E-state index in [1.165, 1.54) is 0 Å². The number of carbonyl (C=O) groups is 1. The lowest BCUT2D eigenvalue weighted by atomic mass is 10.1. The van der Waals surface area contributed by atoms with Gasteiger partial charge >= 0.3 is 0 Å². The molecule has 4 aromatic rings. The summed E-state index contributed by atoms with van der Waals surface area (Å²) in [6.45, 7) is 0.660. The normalized spacial score (nSPS) is 10.8. The molecule has 0 bridgehead atoms. The van der Waals surface area contributed by atoms with E-state index in [4.69, 9.17) is 9.47 Å². The minimum absolute atomic E-state index is 0.0633. The lowest BCUT2D eigenvalue weighted by Crippen LogP contribution is -2.29. The number of amides is 1. The van der Waals surface area contributed by atoms with Gasteiger partial charge in [0.1, 0.15) is 12.4 Å². The molecule has 8 nitrogen and oxygen atoms in total. The summed E-state index contributed by atoms with van der Waals surface area (Å²) in [6.07, 6.45) is 0.320. The third-order valence-corrected chi connectivity index (χ3v) is 5.07. The lowest BCUT2D eigenvalue weighted by Gasteiger charge is -2.09. The average molecular weight is 482 g/mol. The van der Waals surface area contributed by atoms with Crippen molar-refractivity contribution < 1.29 is 14.3 Å². The van der Waals surface area contributed by atoms with Crippen molar-refractivity contribution in [3.05, 3.63) is 70.7 Å². The molecule has 31 heavy (non-hydrogen) atoms. The van der Waals surface area contributed by atoms with E-state index in [9.17, 15) is 4.79 Å². The first kappa shape index (κ1) is 20.8. The number of aromatic nitrogens is 4. The summed E-state index contributed by atoms with van der Waals surface area (Å²) < 4.78 is 13.7. The van der Waals surface area contributed by atoms with E-state index in [-0.39, 0.29) is 12.5 Å². The van der Waals surface area contributed by atoms with Crippen molar-refractivity contribution in [2.45, 2.75) is 6.42 Å². The SMILES string of the molecule is COc1ccccc1-c1nnc2ccc(OCCNC(=O)Cc3ccc(Br)cc3)nn12. The molecule has 9 heteroatoms. The minimum Gasteiger partial charge on any atom is -0.496 e. The molecule has 2 aromatic carbocycles. The summed E-state index contributed by atoms with van der Waals surface area (Å²) in [7, 11) is 1.61. The molecule has 0 aliphatic heterocycles. The second-order valence-electron chi connectivity index (χ2n) is 6.67. The van der Waals surface area contributed by atoms with E-state index in [0.29, 0.717) is 36.1 Å². The number of halogens is 1. The number of para-hydroxylation sites is 1. The molecule has 158 valence electrons. The molecule has 0 saturated carbocycles. The van der Waals surface area contributed by atoms with Crippen LogP contribution in [0.1, 0.15) is 5.56 Å². The monoisotopic (exact) mass is 481 g/mol. The first-order chi connectivity index (χ1) is 15.1. The predicted octanol–water partition coefficient (Wildman–Crippen LogP) is 3.30. The zero-order valence-corrected chi connectivity index (χ0v) is 18.4. The van der Waals surface area contributed by atoms with Crippen molar-refractivity contribution in [2.24, 2.45) is 0 Å². The fraction of sp³-hybridized carbons (Fsp3) is 0.182. The van der Waals surface area contributed by atoms with Crippen LogP contribution in [0.25, 0.3) is 17.0 Å². The number of hydrogen-bond donors (Lipinski definition) is 1. The summed E-state index contributed by atoms with van der Waals surface area (Å²) in [5, 5.41) is 15.7. The zero-order valence-electron chi connectivity index (χ0n) is 16.8. The molecule has 0 aliphatic rings. The van der Waals surface area contributed by atoms with Crippen molar-refractivity contribution in [2.75, 3.05) is 20.3 Å². The molecule has 1 N–H and O–H groups in total. The Hall–Kier alpha value is -3.46.